The molecule has 0 radical (unpaired) electrons. The summed E-state index contributed by atoms with van der Waals surface area (Å²) in [5, 5.41) is 11.6. The summed E-state index contributed by atoms with van der Waals surface area (Å²) in [5.41, 5.74) is 0.964. The molecule has 0 aliphatic rings. The Balaban J connectivity index is 2.00. The van der Waals surface area contributed by atoms with E-state index in [1.807, 2.05) is 19.1 Å². The van der Waals surface area contributed by atoms with Crippen LogP contribution in [0.1, 0.15) is 33.6 Å². The van der Waals surface area contributed by atoms with Crippen LogP contribution in [0.15, 0.2) is 34.7 Å². The summed E-state index contributed by atoms with van der Waals surface area (Å²) < 4.78 is 15.4. The first kappa shape index (κ1) is 17.4. The van der Waals surface area contributed by atoms with Gasteiger partial charge in [-0.3, -0.25) is 4.79 Å². The van der Waals surface area contributed by atoms with Crippen LogP contribution in [0, 0.1) is 0 Å². The molecule has 1 amide bonds. The highest BCUT2D eigenvalue weighted by atomic mass is 16.5. The Hall–Kier alpha value is -2.96. The molecular weight excluding hydrogens is 314 g/mol. The van der Waals surface area contributed by atoms with Crippen LogP contribution in [0.4, 0.5) is 0 Å². The van der Waals surface area contributed by atoms with Gasteiger partial charge in [-0.05, 0) is 43.2 Å². The second kappa shape index (κ2) is 7.54. The van der Waals surface area contributed by atoms with Gasteiger partial charge in [-0.25, -0.2) is 4.79 Å². The van der Waals surface area contributed by atoms with E-state index in [2.05, 4.69) is 5.32 Å². The van der Waals surface area contributed by atoms with Crippen LogP contribution < -0.4 is 14.8 Å². The predicted octanol–water partition coefficient (Wildman–Crippen LogP) is 2.36. The third-order valence-corrected chi connectivity index (χ3v) is 3.41. The third-order valence-electron chi connectivity index (χ3n) is 3.41. The summed E-state index contributed by atoms with van der Waals surface area (Å²) in [7, 11) is 3.12. The van der Waals surface area contributed by atoms with Gasteiger partial charge >= 0.3 is 5.97 Å². The summed E-state index contributed by atoms with van der Waals surface area (Å²) in [5.74, 6) is -0.734. The number of carboxylic acids is 1. The minimum absolute atomic E-state index is 0.0356. The molecular formula is C17H19NO6. The lowest BCUT2D eigenvalue weighted by Gasteiger charge is -2.14. The van der Waals surface area contributed by atoms with Gasteiger partial charge in [0.1, 0.15) is 0 Å². The highest BCUT2D eigenvalue weighted by molar-refractivity contribution is 5.93. The Morgan fingerprint density at radius 3 is 2.38 bits per heavy atom. The second-order valence-electron chi connectivity index (χ2n) is 5.24. The van der Waals surface area contributed by atoms with Gasteiger partial charge in [-0.2, -0.15) is 0 Å². The van der Waals surface area contributed by atoms with Crippen LogP contribution in [0.2, 0.25) is 0 Å². The highest BCUT2D eigenvalue weighted by Gasteiger charge is 2.17. The van der Waals surface area contributed by atoms with E-state index in [1.165, 1.54) is 12.1 Å². The van der Waals surface area contributed by atoms with Gasteiger partial charge in [0.05, 0.1) is 14.2 Å². The van der Waals surface area contributed by atoms with Gasteiger partial charge in [0.15, 0.2) is 17.3 Å². The number of rotatable bonds is 7. The highest BCUT2D eigenvalue weighted by Crippen LogP contribution is 2.28. The van der Waals surface area contributed by atoms with Crippen LogP contribution in [0.25, 0.3) is 0 Å². The molecule has 1 aromatic carbocycles. The maximum atomic E-state index is 12.1. The zero-order chi connectivity index (χ0) is 17.7. The number of carbonyl (C=O) groups is 2. The topological polar surface area (TPSA) is 98.0 Å². The Bertz CT molecular complexity index is 736. The van der Waals surface area contributed by atoms with Crippen molar-refractivity contribution in [3.05, 3.63) is 47.4 Å². The van der Waals surface area contributed by atoms with E-state index >= 15 is 0 Å². The maximum Gasteiger partial charge on any atom is 0.371 e. The number of hydrogen-bond donors (Lipinski definition) is 2. The number of carbonyl (C=O) groups excluding carboxylic acids is 1. The maximum absolute atomic E-state index is 12.1. The summed E-state index contributed by atoms with van der Waals surface area (Å²) in [6.07, 6.45) is 0.568. The average Bonchev–Trinajstić information content (AvgIpc) is 3.05. The van der Waals surface area contributed by atoms with Crippen LogP contribution in [-0.2, 0) is 6.42 Å². The molecule has 0 aliphatic heterocycles. The van der Waals surface area contributed by atoms with Crippen molar-refractivity contribution < 1.29 is 28.6 Å². The van der Waals surface area contributed by atoms with Crippen molar-refractivity contribution in [2.75, 3.05) is 14.2 Å². The number of hydrogen-bond acceptors (Lipinski definition) is 5. The molecule has 1 atom stereocenters. The molecule has 1 heterocycles. The predicted molar refractivity (Wildman–Crippen MR) is 85.8 cm³/mol. The van der Waals surface area contributed by atoms with Crippen molar-refractivity contribution in [3.63, 3.8) is 0 Å². The first-order valence-corrected chi connectivity index (χ1v) is 7.29. The first-order chi connectivity index (χ1) is 11.4. The van der Waals surface area contributed by atoms with E-state index in [0.717, 1.165) is 5.56 Å². The number of benzene rings is 1. The first-order valence-electron chi connectivity index (χ1n) is 7.29. The van der Waals surface area contributed by atoms with E-state index in [4.69, 9.17) is 19.0 Å². The lowest BCUT2D eigenvalue weighted by atomic mass is 10.1. The van der Waals surface area contributed by atoms with E-state index in [0.29, 0.717) is 17.9 Å². The molecule has 2 N–H and O–H groups in total. The molecule has 7 heteroatoms. The van der Waals surface area contributed by atoms with Crippen LogP contribution in [0.5, 0.6) is 11.5 Å². The quantitative estimate of drug-likeness (QED) is 0.807. The van der Waals surface area contributed by atoms with E-state index in [1.54, 1.807) is 20.3 Å². The third kappa shape index (κ3) is 4.07. The Kier molecular flexibility index (Phi) is 5.47. The number of methoxy groups -OCH3 is 2. The monoisotopic (exact) mass is 333 g/mol. The number of amides is 1. The second-order valence-corrected chi connectivity index (χ2v) is 5.24. The Morgan fingerprint density at radius 2 is 1.79 bits per heavy atom. The van der Waals surface area contributed by atoms with Crippen molar-refractivity contribution in [2.24, 2.45) is 0 Å². The standard InChI is InChI=1S/C17H19NO6/c1-10(8-11-4-5-12(22-2)15(9-11)23-3)18-16(19)13-6-7-14(24-13)17(20)21/h4-7,9-10H,8H2,1-3H3,(H,18,19)(H,20,21). The number of furan rings is 1. The van der Waals surface area contributed by atoms with Gasteiger partial charge in [0.25, 0.3) is 5.91 Å². The van der Waals surface area contributed by atoms with Crippen molar-refractivity contribution in [3.8, 4) is 11.5 Å². The lowest BCUT2D eigenvalue weighted by Crippen LogP contribution is -2.33. The van der Waals surface area contributed by atoms with Crippen molar-refractivity contribution >= 4 is 11.9 Å². The van der Waals surface area contributed by atoms with Gasteiger partial charge in [0, 0.05) is 6.04 Å². The number of nitrogens with one attached hydrogen (secondary N) is 1. The molecule has 0 aliphatic carbocycles. The molecule has 2 rings (SSSR count). The number of ether oxygens (including phenoxy) is 2. The number of aromatic carboxylic acids is 1. The minimum Gasteiger partial charge on any atom is -0.493 e. The van der Waals surface area contributed by atoms with Crippen LogP contribution >= 0.6 is 0 Å². The summed E-state index contributed by atoms with van der Waals surface area (Å²) >= 11 is 0. The Morgan fingerprint density at radius 1 is 1.12 bits per heavy atom. The van der Waals surface area contributed by atoms with Gasteiger partial charge in [0.2, 0.25) is 5.76 Å². The molecule has 0 fully saturated rings. The van der Waals surface area contributed by atoms with E-state index in [9.17, 15) is 9.59 Å². The van der Waals surface area contributed by atoms with Crippen molar-refractivity contribution in [1.82, 2.24) is 5.32 Å². The van der Waals surface area contributed by atoms with Crippen molar-refractivity contribution in [2.45, 2.75) is 19.4 Å². The largest absolute Gasteiger partial charge is 0.493 e. The molecule has 0 bridgehead atoms. The van der Waals surface area contributed by atoms with Crippen molar-refractivity contribution in [1.29, 1.82) is 0 Å². The lowest BCUT2D eigenvalue weighted by molar-refractivity contribution is 0.0659. The normalized spacial score (nSPS) is 11.6. The van der Waals surface area contributed by atoms with E-state index in [-0.39, 0.29) is 17.6 Å². The molecule has 1 aromatic heterocycles. The molecule has 2 aromatic rings. The molecule has 1 unspecified atom stereocenters. The zero-order valence-electron chi connectivity index (χ0n) is 13.7. The summed E-state index contributed by atoms with van der Waals surface area (Å²) in [6, 6.07) is 7.93. The molecule has 128 valence electrons. The minimum atomic E-state index is -1.22. The fraction of sp³-hybridized carbons (Fsp3) is 0.294. The molecule has 0 saturated heterocycles. The molecule has 0 spiro atoms. The van der Waals surface area contributed by atoms with Crippen LogP contribution in [-0.4, -0.2) is 37.2 Å². The Labute approximate surface area is 139 Å². The van der Waals surface area contributed by atoms with Gasteiger partial charge in [-0.15, -0.1) is 0 Å². The summed E-state index contributed by atoms with van der Waals surface area (Å²) in [6.45, 7) is 1.84. The smallest absolute Gasteiger partial charge is 0.371 e. The fourth-order valence-corrected chi connectivity index (χ4v) is 2.28. The van der Waals surface area contributed by atoms with Gasteiger partial charge in [-0.1, -0.05) is 6.07 Å². The SMILES string of the molecule is COc1ccc(CC(C)NC(=O)c2ccc(C(=O)O)o2)cc1OC. The van der Waals surface area contributed by atoms with E-state index < -0.39 is 11.9 Å². The molecule has 0 saturated carbocycles. The summed E-state index contributed by atoms with van der Waals surface area (Å²) in [4.78, 5) is 22.8. The molecule has 24 heavy (non-hydrogen) atoms. The van der Waals surface area contributed by atoms with Gasteiger partial charge < -0.3 is 24.3 Å². The number of carboxylic acid groups (broad SMARTS) is 1. The zero-order valence-corrected chi connectivity index (χ0v) is 13.7. The average molecular weight is 333 g/mol. The fourth-order valence-electron chi connectivity index (χ4n) is 2.28. The molecule has 7 nitrogen and oxygen atoms in total. The van der Waals surface area contributed by atoms with Crippen LogP contribution in [0.3, 0.4) is 0 Å².